The largest absolute Gasteiger partial charge is 0.486 e. The van der Waals surface area contributed by atoms with Crippen molar-refractivity contribution in [3.05, 3.63) is 35.5 Å². The van der Waals surface area contributed by atoms with Gasteiger partial charge in [-0.15, -0.1) is 0 Å². The highest BCUT2D eigenvalue weighted by Crippen LogP contribution is 2.31. The van der Waals surface area contributed by atoms with Crippen LogP contribution in [0.25, 0.3) is 0 Å². The van der Waals surface area contributed by atoms with Crippen LogP contribution in [-0.2, 0) is 6.54 Å². The van der Waals surface area contributed by atoms with E-state index in [1.807, 2.05) is 12.1 Å². The summed E-state index contributed by atoms with van der Waals surface area (Å²) in [7, 11) is 0. The summed E-state index contributed by atoms with van der Waals surface area (Å²) in [6.45, 7) is 5.50. The quantitative estimate of drug-likeness (QED) is 0.874. The molecule has 0 radical (unpaired) electrons. The van der Waals surface area contributed by atoms with Crippen LogP contribution in [0.15, 0.2) is 24.4 Å². The van der Waals surface area contributed by atoms with Gasteiger partial charge in [-0.2, -0.15) is 10.2 Å². The molecule has 4 rings (SSSR count). The van der Waals surface area contributed by atoms with E-state index in [1.54, 1.807) is 0 Å². The van der Waals surface area contributed by atoms with Gasteiger partial charge in [0, 0.05) is 32.7 Å². The Morgan fingerprint density at radius 3 is 2.62 bits per heavy atom. The van der Waals surface area contributed by atoms with Crippen LogP contribution in [0.2, 0.25) is 0 Å². The van der Waals surface area contributed by atoms with Crippen LogP contribution in [0, 0.1) is 11.3 Å². The maximum atomic E-state index is 8.92. The van der Waals surface area contributed by atoms with Gasteiger partial charge in [0.15, 0.2) is 11.5 Å². The molecule has 0 spiro atoms. The number of hydrogen-bond donors (Lipinski definition) is 1. The molecule has 0 bridgehead atoms. The van der Waals surface area contributed by atoms with E-state index in [0.29, 0.717) is 24.7 Å². The number of hydrogen-bond acceptors (Lipinski definition) is 8. The molecule has 1 aromatic carbocycles. The first-order valence-corrected chi connectivity index (χ1v) is 8.61. The normalized spacial score (nSPS) is 17.0. The average Bonchev–Trinajstić information content (AvgIpc) is 2.68. The first kappa shape index (κ1) is 16.4. The molecule has 0 unspecified atom stereocenters. The Labute approximate surface area is 151 Å². The summed E-state index contributed by atoms with van der Waals surface area (Å²) in [5.74, 6) is 2.46. The summed E-state index contributed by atoms with van der Waals surface area (Å²) >= 11 is 0. The topological polar surface area (TPSA) is 101 Å². The highest BCUT2D eigenvalue weighted by Gasteiger charge is 2.20. The number of aromatic nitrogens is 2. The van der Waals surface area contributed by atoms with E-state index in [2.05, 4.69) is 31.9 Å². The van der Waals surface area contributed by atoms with E-state index < -0.39 is 0 Å². The fourth-order valence-corrected chi connectivity index (χ4v) is 3.17. The number of nitrogen functional groups attached to an aromatic ring is 1. The van der Waals surface area contributed by atoms with Crippen LogP contribution in [0.4, 0.5) is 11.8 Å². The predicted octanol–water partition coefficient (Wildman–Crippen LogP) is 1.02. The molecule has 1 fully saturated rings. The lowest BCUT2D eigenvalue weighted by Gasteiger charge is -2.34. The number of nitrogens with zero attached hydrogens (tertiary/aromatic N) is 5. The summed E-state index contributed by atoms with van der Waals surface area (Å²) in [5.41, 5.74) is 7.31. The van der Waals surface area contributed by atoms with Gasteiger partial charge in [-0.05, 0) is 17.7 Å². The second-order valence-corrected chi connectivity index (χ2v) is 6.32. The lowest BCUT2D eigenvalue weighted by atomic mass is 10.1. The van der Waals surface area contributed by atoms with Gasteiger partial charge in [-0.1, -0.05) is 6.07 Å². The molecule has 2 N–H and O–H groups in total. The van der Waals surface area contributed by atoms with Gasteiger partial charge in [-0.25, -0.2) is 4.98 Å². The Morgan fingerprint density at radius 2 is 1.88 bits per heavy atom. The zero-order valence-electron chi connectivity index (χ0n) is 14.4. The number of anilines is 2. The predicted molar refractivity (Wildman–Crippen MR) is 96.1 cm³/mol. The molecule has 0 amide bonds. The summed E-state index contributed by atoms with van der Waals surface area (Å²) in [5, 5.41) is 8.92. The molecule has 134 valence electrons. The van der Waals surface area contributed by atoms with Gasteiger partial charge in [0.2, 0.25) is 5.95 Å². The summed E-state index contributed by atoms with van der Waals surface area (Å²) in [6.07, 6.45) is 1.49. The molecular weight excluding hydrogens is 332 g/mol. The molecule has 2 aliphatic heterocycles. The van der Waals surface area contributed by atoms with Gasteiger partial charge in [0.05, 0.1) is 6.20 Å². The summed E-state index contributed by atoms with van der Waals surface area (Å²) in [6, 6.07) is 8.11. The maximum absolute atomic E-state index is 8.92. The van der Waals surface area contributed by atoms with Crippen LogP contribution < -0.4 is 20.1 Å². The fraction of sp³-hybridized carbons (Fsp3) is 0.389. The first-order chi connectivity index (χ1) is 12.7. The highest BCUT2D eigenvalue weighted by molar-refractivity contribution is 5.50. The standard InChI is InChI=1S/C18H20N6O2/c19-10-14-11-21-18(22-17(14)20)24-5-3-23(4-6-24)12-13-1-2-15-16(9-13)26-8-7-25-15/h1-2,9,11H,3-8,12H2,(H2,20,21,22). The molecule has 0 saturated carbocycles. The van der Waals surface area contributed by atoms with Crippen LogP contribution in [0.3, 0.4) is 0 Å². The molecule has 8 heteroatoms. The molecule has 1 aromatic heterocycles. The van der Waals surface area contributed by atoms with E-state index in [4.69, 9.17) is 20.5 Å². The number of ether oxygens (including phenoxy) is 2. The third kappa shape index (κ3) is 3.34. The Morgan fingerprint density at radius 1 is 1.12 bits per heavy atom. The average molecular weight is 352 g/mol. The Bertz CT molecular complexity index is 842. The van der Waals surface area contributed by atoms with E-state index in [-0.39, 0.29) is 5.82 Å². The minimum Gasteiger partial charge on any atom is -0.486 e. The number of benzene rings is 1. The van der Waals surface area contributed by atoms with Crippen molar-refractivity contribution in [2.45, 2.75) is 6.54 Å². The Kier molecular flexibility index (Phi) is 4.46. The molecule has 3 heterocycles. The fourth-order valence-electron chi connectivity index (χ4n) is 3.17. The number of fused-ring (bicyclic) bond motifs is 1. The second-order valence-electron chi connectivity index (χ2n) is 6.32. The molecule has 0 aliphatic carbocycles. The number of nitriles is 1. The minimum absolute atomic E-state index is 0.233. The van der Waals surface area contributed by atoms with Crippen LogP contribution in [0.5, 0.6) is 11.5 Å². The van der Waals surface area contributed by atoms with Gasteiger partial charge >= 0.3 is 0 Å². The second kappa shape index (κ2) is 7.06. The molecule has 0 atom stereocenters. The van der Waals surface area contributed by atoms with Gasteiger partial charge < -0.3 is 20.1 Å². The Balaban J connectivity index is 1.36. The van der Waals surface area contributed by atoms with Crippen molar-refractivity contribution in [1.82, 2.24) is 14.9 Å². The van der Waals surface area contributed by atoms with Gasteiger partial charge in [-0.3, -0.25) is 4.90 Å². The maximum Gasteiger partial charge on any atom is 0.227 e. The monoisotopic (exact) mass is 352 g/mol. The third-order valence-electron chi connectivity index (χ3n) is 4.59. The number of rotatable bonds is 3. The van der Waals surface area contributed by atoms with Gasteiger partial charge in [0.25, 0.3) is 0 Å². The van der Waals surface area contributed by atoms with Crippen LogP contribution >= 0.6 is 0 Å². The lowest BCUT2D eigenvalue weighted by molar-refractivity contribution is 0.171. The van der Waals surface area contributed by atoms with Crippen molar-refractivity contribution in [3.63, 3.8) is 0 Å². The van der Waals surface area contributed by atoms with Crippen molar-refractivity contribution in [3.8, 4) is 17.6 Å². The van der Waals surface area contributed by atoms with E-state index >= 15 is 0 Å². The number of piperazine rings is 1. The van der Waals surface area contributed by atoms with Crippen molar-refractivity contribution in [2.75, 3.05) is 50.0 Å². The van der Waals surface area contributed by atoms with Crippen molar-refractivity contribution < 1.29 is 9.47 Å². The summed E-state index contributed by atoms with van der Waals surface area (Å²) < 4.78 is 11.2. The molecule has 2 aromatic rings. The molecule has 26 heavy (non-hydrogen) atoms. The van der Waals surface area contributed by atoms with E-state index in [1.165, 1.54) is 11.8 Å². The Hall–Kier alpha value is -3.05. The van der Waals surface area contributed by atoms with Gasteiger partial charge in [0.1, 0.15) is 30.7 Å². The number of nitrogens with two attached hydrogens (primary N) is 1. The van der Waals surface area contributed by atoms with E-state index in [9.17, 15) is 0 Å². The van der Waals surface area contributed by atoms with Crippen LogP contribution in [0.1, 0.15) is 11.1 Å². The molecular formula is C18H20N6O2. The van der Waals surface area contributed by atoms with E-state index in [0.717, 1.165) is 44.2 Å². The molecule has 2 aliphatic rings. The van der Waals surface area contributed by atoms with Crippen LogP contribution in [-0.4, -0.2) is 54.3 Å². The summed E-state index contributed by atoms with van der Waals surface area (Å²) in [4.78, 5) is 13.0. The van der Waals surface area contributed by atoms with Crippen molar-refractivity contribution >= 4 is 11.8 Å². The molecule has 1 saturated heterocycles. The lowest BCUT2D eigenvalue weighted by Crippen LogP contribution is -2.46. The highest BCUT2D eigenvalue weighted by atomic mass is 16.6. The first-order valence-electron chi connectivity index (χ1n) is 8.61. The van der Waals surface area contributed by atoms with Crippen molar-refractivity contribution in [2.24, 2.45) is 0 Å². The SMILES string of the molecule is N#Cc1cnc(N2CCN(Cc3ccc4c(c3)OCCO4)CC2)nc1N. The zero-order chi connectivity index (χ0) is 17.9. The minimum atomic E-state index is 0.233. The zero-order valence-corrected chi connectivity index (χ0v) is 14.4. The molecule has 8 nitrogen and oxygen atoms in total. The smallest absolute Gasteiger partial charge is 0.227 e. The van der Waals surface area contributed by atoms with Crippen molar-refractivity contribution in [1.29, 1.82) is 5.26 Å². The third-order valence-corrected chi connectivity index (χ3v) is 4.59.